The lowest BCUT2D eigenvalue weighted by molar-refractivity contribution is -0.138. The number of nitrogens with zero attached hydrogens (tertiary/aromatic N) is 2. The molecule has 168 valence electrons. The number of aliphatic imine (C=N–C) groups is 1. The fourth-order valence-electron chi connectivity index (χ4n) is 3.81. The van der Waals surface area contributed by atoms with Gasteiger partial charge in [-0.05, 0) is 37.0 Å². The molecule has 3 N–H and O–H groups in total. The molecule has 30 heavy (non-hydrogen) atoms. The molecule has 0 unspecified atom stereocenters. The van der Waals surface area contributed by atoms with Crippen molar-refractivity contribution in [3.63, 3.8) is 0 Å². The minimum Gasteiger partial charge on any atom is -0.355 e. The van der Waals surface area contributed by atoms with Crippen LogP contribution in [0.2, 0.25) is 0 Å². The predicted octanol–water partition coefficient (Wildman–Crippen LogP) is 2.76. The van der Waals surface area contributed by atoms with Gasteiger partial charge in [0, 0.05) is 46.3 Å². The Bertz CT molecular complexity index is 730. The molecule has 1 aliphatic rings. The van der Waals surface area contributed by atoms with Crippen LogP contribution in [0.4, 0.5) is 0 Å². The maximum absolute atomic E-state index is 12.7. The van der Waals surface area contributed by atoms with Crippen LogP contribution in [0, 0.1) is 5.41 Å². The normalized spacial score (nSPS) is 15.1. The molecule has 1 saturated carbocycles. The minimum absolute atomic E-state index is 0. The van der Waals surface area contributed by atoms with Crippen molar-refractivity contribution >= 4 is 41.8 Å². The molecule has 0 spiro atoms. The van der Waals surface area contributed by atoms with Gasteiger partial charge in [0.25, 0.3) is 5.91 Å². The molecule has 0 heterocycles. The molecule has 0 bridgehead atoms. The summed E-state index contributed by atoms with van der Waals surface area (Å²) in [5, 5.41) is 9.52. The second-order valence-corrected chi connectivity index (χ2v) is 7.92. The number of halogens is 1. The first-order chi connectivity index (χ1) is 13.9. The molecule has 0 aliphatic heterocycles. The number of guanidine groups is 1. The SMILES string of the molecule is CCCNC(=O)c1cccc(CNC(=NC)NCC2(C(=O)N(C)C)CCCC2)c1.I. The van der Waals surface area contributed by atoms with Gasteiger partial charge in [0.2, 0.25) is 5.91 Å². The average molecular weight is 529 g/mol. The van der Waals surface area contributed by atoms with Crippen molar-refractivity contribution in [2.24, 2.45) is 10.4 Å². The van der Waals surface area contributed by atoms with E-state index >= 15 is 0 Å². The van der Waals surface area contributed by atoms with Crippen LogP contribution >= 0.6 is 24.0 Å². The molecule has 2 rings (SSSR count). The number of carbonyl (C=O) groups is 2. The summed E-state index contributed by atoms with van der Waals surface area (Å²) in [6.45, 7) is 3.82. The monoisotopic (exact) mass is 529 g/mol. The summed E-state index contributed by atoms with van der Waals surface area (Å²) >= 11 is 0. The Morgan fingerprint density at radius 3 is 2.43 bits per heavy atom. The molecule has 0 saturated heterocycles. The molecule has 1 aromatic rings. The van der Waals surface area contributed by atoms with Crippen LogP contribution in [-0.2, 0) is 11.3 Å². The van der Waals surface area contributed by atoms with Crippen LogP contribution in [-0.4, -0.2) is 56.9 Å². The second-order valence-electron chi connectivity index (χ2n) is 7.92. The first-order valence-electron chi connectivity index (χ1n) is 10.5. The van der Waals surface area contributed by atoms with Crippen molar-refractivity contribution in [1.82, 2.24) is 20.9 Å². The van der Waals surface area contributed by atoms with Gasteiger partial charge in [-0.15, -0.1) is 24.0 Å². The number of rotatable bonds is 8. The maximum Gasteiger partial charge on any atom is 0.251 e. The smallest absolute Gasteiger partial charge is 0.251 e. The predicted molar refractivity (Wildman–Crippen MR) is 132 cm³/mol. The largest absolute Gasteiger partial charge is 0.355 e. The summed E-state index contributed by atoms with van der Waals surface area (Å²) in [7, 11) is 5.36. The summed E-state index contributed by atoms with van der Waals surface area (Å²) in [5.74, 6) is 0.786. The summed E-state index contributed by atoms with van der Waals surface area (Å²) in [4.78, 5) is 30.8. The lowest BCUT2D eigenvalue weighted by Gasteiger charge is -2.31. The van der Waals surface area contributed by atoms with Crippen LogP contribution in [0.3, 0.4) is 0 Å². The topological polar surface area (TPSA) is 85.8 Å². The summed E-state index contributed by atoms with van der Waals surface area (Å²) in [5.41, 5.74) is 1.30. The third kappa shape index (κ3) is 7.14. The van der Waals surface area contributed by atoms with E-state index in [0.29, 0.717) is 31.2 Å². The number of hydrogen-bond donors (Lipinski definition) is 3. The van der Waals surface area contributed by atoms with E-state index in [2.05, 4.69) is 20.9 Å². The highest BCUT2D eigenvalue weighted by molar-refractivity contribution is 14.0. The summed E-state index contributed by atoms with van der Waals surface area (Å²) < 4.78 is 0. The first kappa shape index (κ1) is 26.2. The molecule has 0 aromatic heterocycles. The van der Waals surface area contributed by atoms with Crippen molar-refractivity contribution in [2.75, 3.05) is 34.2 Å². The maximum atomic E-state index is 12.7. The quantitative estimate of drug-likeness (QED) is 0.275. The molecule has 0 atom stereocenters. The standard InChI is InChI=1S/C22H35N5O2.HI/c1-5-13-24-19(28)18-10-8-9-17(14-18)15-25-21(23-2)26-16-22(11-6-7-12-22)20(29)27(3)4;/h8-10,14H,5-7,11-13,15-16H2,1-4H3,(H,24,28)(H2,23,25,26);1H. The number of amides is 2. The lowest BCUT2D eigenvalue weighted by Crippen LogP contribution is -2.49. The van der Waals surface area contributed by atoms with E-state index in [4.69, 9.17) is 0 Å². The number of benzene rings is 1. The second kappa shape index (κ2) is 12.8. The van der Waals surface area contributed by atoms with Crippen LogP contribution < -0.4 is 16.0 Å². The van der Waals surface area contributed by atoms with Gasteiger partial charge in [0.15, 0.2) is 5.96 Å². The van der Waals surface area contributed by atoms with Gasteiger partial charge in [0.1, 0.15) is 0 Å². The highest BCUT2D eigenvalue weighted by atomic mass is 127. The molecule has 2 amide bonds. The number of carbonyl (C=O) groups excluding carboxylic acids is 2. The minimum atomic E-state index is -0.349. The van der Waals surface area contributed by atoms with Crippen molar-refractivity contribution in [3.05, 3.63) is 35.4 Å². The Hall–Kier alpha value is -1.84. The van der Waals surface area contributed by atoms with Crippen molar-refractivity contribution in [3.8, 4) is 0 Å². The van der Waals surface area contributed by atoms with Gasteiger partial charge in [-0.25, -0.2) is 0 Å². The first-order valence-corrected chi connectivity index (χ1v) is 10.5. The molecular weight excluding hydrogens is 493 g/mol. The van der Waals surface area contributed by atoms with E-state index in [-0.39, 0.29) is 41.2 Å². The highest BCUT2D eigenvalue weighted by Crippen LogP contribution is 2.38. The van der Waals surface area contributed by atoms with E-state index in [9.17, 15) is 9.59 Å². The van der Waals surface area contributed by atoms with Gasteiger partial charge >= 0.3 is 0 Å². The van der Waals surface area contributed by atoms with Crippen molar-refractivity contribution < 1.29 is 9.59 Å². The summed E-state index contributed by atoms with van der Waals surface area (Å²) in [6, 6.07) is 7.57. The Morgan fingerprint density at radius 1 is 1.13 bits per heavy atom. The van der Waals surface area contributed by atoms with Gasteiger partial charge in [-0.3, -0.25) is 14.6 Å². The molecular formula is C22H36IN5O2. The van der Waals surface area contributed by atoms with Crippen molar-refractivity contribution in [2.45, 2.75) is 45.6 Å². The molecule has 1 aliphatic carbocycles. The Labute approximate surface area is 197 Å². The van der Waals surface area contributed by atoms with E-state index in [0.717, 1.165) is 37.7 Å². The molecule has 1 aromatic carbocycles. The van der Waals surface area contributed by atoms with Gasteiger partial charge in [0.05, 0.1) is 5.41 Å². The van der Waals surface area contributed by atoms with E-state index in [1.54, 1.807) is 11.9 Å². The number of nitrogens with one attached hydrogen (secondary N) is 3. The zero-order valence-corrected chi connectivity index (χ0v) is 20.9. The van der Waals surface area contributed by atoms with E-state index < -0.39 is 0 Å². The number of hydrogen-bond acceptors (Lipinski definition) is 3. The fraction of sp³-hybridized carbons (Fsp3) is 0.591. The van der Waals surface area contributed by atoms with Crippen molar-refractivity contribution in [1.29, 1.82) is 0 Å². The van der Waals surface area contributed by atoms with Gasteiger partial charge in [-0.1, -0.05) is 31.9 Å². The molecule has 7 nitrogen and oxygen atoms in total. The van der Waals surface area contributed by atoms with Gasteiger partial charge in [-0.2, -0.15) is 0 Å². The third-order valence-corrected chi connectivity index (χ3v) is 5.42. The highest BCUT2D eigenvalue weighted by Gasteiger charge is 2.42. The van der Waals surface area contributed by atoms with E-state index in [1.807, 2.05) is 45.3 Å². The van der Waals surface area contributed by atoms with Crippen LogP contribution in [0.25, 0.3) is 0 Å². The Morgan fingerprint density at radius 2 is 1.83 bits per heavy atom. The van der Waals surface area contributed by atoms with E-state index in [1.165, 1.54) is 0 Å². The fourth-order valence-corrected chi connectivity index (χ4v) is 3.81. The Balaban J connectivity index is 0.00000450. The van der Waals surface area contributed by atoms with Crippen LogP contribution in [0.1, 0.15) is 54.9 Å². The van der Waals surface area contributed by atoms with Gasteiger partial charge < -0.3 is 20.9 Å². The zero-order chi connectivity index (χ0) is 21.3. The molecule has 0 radical (unpaired) electrons. The van der Waals surface area contributed by atoms with Crippen LogP contribution in [0.5, 0.6) is 0 Å². The van der Waals surface area contributed by atoms with Crippen LogP contribution in [0.15, 0.2) is 29.3 Å². The zero-order valence-electron chi connectivity index (χ0n) is 18.6. The lowest BCUT2D eigenvalue weighted by atomic mass is 9.84. The Kier molecular flexibility index (Phi) is 11.1. The third-order valence-electron chi connectivity index (χ3n) is 5.42. The average Bonchev–Trinajstić information content (AvgIpc) is 3.21. The molecule has 8 heteroatoms. The summed E-state index contributed by atoms with van der Waals surface area (Å²) in [6.07, 6.45) is 4.89. The molecule has 1 fully saturated rings.